The number of benzene rings is 1. The third-order valence-corrected chi connectivity index (χ3v) is 2.45. The minimum Gasteiger partial charge on any atom is -0.459 e. The maximum atomic E-state index is 12.8. The minimum absolute atomic E-state index is 0.142. The zero-order valence-electron chi connectivity index (χ0n) is 10.6. The van der Waals surface area contributed by atoms with Crippen LogP contribution in [0.2, 0.25) is 0 Å². The van der Waals surface area contributed by atoms with E-state index in [-0.39, 0.29) is 12.4 Å². The largest absolute Gasteiger partial charge is 0.459 e. The lowest BCUT2D eigenvalue weighted by Crippen LogP contribution is -2.44. The molecule has 0 aliphatic heterocycles. The van der Waals surface area contributed by atoms with Gasteiger partial charge >= 0.3 is 11.9 Å². The van der Waals surface area contributed by atoms with Gasteiger partial charge in [-0.3, -0.25) is 4.79 Å². The number of carbonyl (C=O) groups excluding carboxylic acids is 2. The molecule has 1 rings (SSSR count). The van der Waals surface area contributed by atoms with Crippen LogP contribution in [-0.4, -0.2) is 18.5 Å². The van der Waals surface area contributed by atoms with Gasteiger partial charge < -0.3 is 10.1 Å². The minimum atomic E-state index is -0.923. The Morgan fingerprint density at radius 1 is 1.28 bits per heavy atom. The normalized spacial score (nSPS) is 10.9. The monoisotopic (exact) mass is 253 g/mol. The van der Waals surface area contributed by atoms with Gasteiger partial charge in [0.1, 0.15) is 5.82 Å². The number of nitrogens with one attached hydrogen (secondary N) is 1. The highest BCUT2D eigenvalue weighted by atomic mass is 19.1. The molecule has 0 bridgehead atoms. The molecule has 0 heterocycles. The Balaban J connectivity index is 2.78. The third kappa shape index (κ3) is 3.55. The van der Waals surface area contributed by atoms with Crippen molar-refractivity contribution in [3.05, 3.63) is 35.6 Å². The van der Waals surface area contributed by atoms with Gasteiger partial charge in [0.2, 0.25) is 0 Å². The summed E-state index contributed by atoms with van der Waals surface area (Å²) in [7, 11) is 0. The van der Waals surface area contributed by atoms with Crippen molar-refractivity contribution in [3.63, 3.8) is 0 Å². The van der Waals surface area contributed by atoms with Gasteiger partial charge in [0.25, 0.3) is 0 Å². The molecule has 0 saturated carbocycles. The van der Waals surface area contributed by atoms with Crippen LogP contribution in [0.15, 0.2) is 24.3 Å². The summed E-state index contributed by atoms with van der Waals surface area (Å²) in [5.41, 5.74) is -0.0843. The van der Waals surface area contributed by atoms with Crippen LogP contribution in [0.25, 0.3) is 0 Å². The van der Waals surface area contributed by atoms with Crippen molar-refractivity contribution >= 4 is 11.9 Å². The second-order valence-corrected chi connectivity index (χ2v) is 4.31. The van der Waals surface area contributed by atoms with Crippen LogP contribution in [0.1, 0.15) is 26.3 Å². The number of carbonyl (C=O) groups is 2. The van der Waals surface area contributed by atoms with Crippen LogP contribution in [0, 0.1) is 5.82 Å². The lowest BCUT2D eigenvalue weighted by Gasteiger charge is -2.26. The van der Waals surface area contributed by atoms with Gasteiger partial charge in [-0.25, -0.2) is 9.18 Å². The molecule has 4 nitrogen and oxygen atoms in total. The fourth-order valence-corrected chi connectivity index (χ4v) is 1.47. The molecule has 0 saturated heterocycles. The van der Waals surface area contributed by atoms with Crippen molar-refractivity contribution in [1.29, 1.82) is 0 Å². The Kier molecular flexibility index (Phi) is 4.42. The van der Waals surface area contributed by atoms with Gasteiger partial charge in [0, 0.05) is 0 Å². The van der Waals surface area contributed by atoms with Gasteiger partial charge in [-0.05, 0) is 38.5 Å². The van der Waals surface area contributed by atoms with Crippen LogP contribution >= 0.6 is 0 Å². The molecule has 0 spiro atoms. The summed E-state index contributed by atoms with van der Waals surface area (Å²) < 4.78 is 17.4. The van der Waals surface area contributed by atoms with Crippen molar-refractivity contribution in [2.75, 3.05) is 6.61 Å². The van der Waals surface area contributed by atoms with Crippen molar-refractivity contribution in [1.82, 2.24) is 5.32 Å². The zero-order valence-corrected chi connectivity index (χ0v) is 10.6. The van der Waals surface area contributed by atoms with E-state index in [1.807, 2.05) is 0 Å². The van der Waals surface area contributed by atoms with E-state index in [1.165, 1.54) is 12.1 Å². The summed E-state index contributed by atoms with van der Waals surface area (Å²) in [4.78, 5) is 22.7. The van der Waals surface area contributed by atoms with Crippen LogP contribution in [-0.2, 0) is 19.9 Å². The van der Waals surface area contributed by atoms with E-state index in [2.05, 4.69) is 10.1 Å². The van der Waals surface area contributed by atoms with Gasteiger partial charge in [0.15, 0.2) is 0 Å². The van der Waals surface area contributed by atoms with E-state index in [4.69, 9.17) is 0 Å². The maximum Gasteiger partial charge on any atom is 0.396 e. The second-order valence-electron chi connectivity index (χ2n) is 4.31. The van der Waals surface area contributed by atoms with Gasteiger partial charge in [-0.1, -0.05) is 12.1 Å². The molecule has 0 unspecified atom stereocenters. The standard InChI is InChI=1S/C13H16FNO3/c1-4-18-12(17)11(16)15-13(2,3)9-5-7-10(14)8-6-9/h5-8H,4H2,1-3H3,(H,15,16). The Morgan fingerprint density at radius 2 is 1.83 bits per heavy atom. The molecule has 0 atom stereocenters. The highest BCUT2D eigenvalue weighted by Crippen LogP contribution is 2.20. The number of hydrogen-bond acceptors (Lipinski definition) is 3. The highest BCUT2D eigenvalue weighted by molar-refractivity contribution is 6.32. The summed E-state index contributed by atoms with van der Waals surface area (Å²) in [5.74, 6) is -2.09. The topological polar surface area (TPSA) is 55.4 Å². The number of ether oxygens (including phenoxy) is 1. The van der Waals surface area contributed by atoms with Crippen LogP contribution in [0.3, 0.4) is 0 Å². The maximum absolute atomic E-state index is 12.8. The fraction of sp³-hybridized carbons (Fsp3) is 0.385. The first-order valence-corrected chi connectivity index (χ1v) is 5.62. The predicted octanol–water partition coefficient (Wildman–Crippen LogP) is 1.74. The lowest BCUT2D eigenvalue weighted by molar-refractivity contribution is -0.155. The first-order chi connectivity index (χ1) is 8.36. The number of rotatable bonds is 3. The predicted molar refractivity (Wildman–Crippen MR) is 64.2 cm³/mol. The first kappa shape index (κ1) is 14.2. The molecule has 0 aliphatic carbocycles. The summed E-state index contributed by atoms with van der Waals surface area (Å²) in [6, 6.07) is 5.71. The Labute approximate surface area is 105 Å². The van der Waals surface area contributed by atoms with E-state index in [9.17, 15) is 14.0 Å². The van der Waals surface area contributed by atoms with E-state index in [0.29, 0.717) is 5.56 Å². The Morgan fingerprint density at radius 3 is 2.33 bits per heavy atom. The molecule has 1 aromatic rings. The van der Waals surface area contributed by atoms with Gasteiger partial charge in [-0.15, -0.1) is 0 Å². The summed E-state index contributed by atoms with van der Waals surface area (Å²) in [6.07, 6.45) is 0. The molecule has 18 heavy (non-hydrogen) atoms. The molecule has 5 heteroatoms. The number of amides is 1. The third-order valence-electron chi connectivity index (χ3n) is 2.45. The zero-order chi connectivity index (χ0) is 13.8. The first-order valence-electron chi connectivity index (χ1n) is 5.62. The molecule has 0 aromatic heterocycles. The van der Waals surface area contributed by atoms with E-state index in [1.54, 1.807) is 32.9 Å². The Bertz CT molecular complexity index is 440. The molecule has 0 radical (unpaired) electrons. The molecule has 0 fully saturated rings. The SMILES string of the molecule is CCOC(=O)C(=O)NC(C)(C)c1ccc(F)cc1. The van der Waals surface area contributed by atoms with Gasteiger partial charge in [0.05, 0.1) is 12.1 Å². The second kappa shape index (κ2) is 5.62. The molecular weight excluding hydrogens is 237 g/mol. The molecular formula is C13H16FNO3. The summed E-state index contributed by atoms with van der Waals surface area (Å²) >= 11 is 0. The average molecular weight is 253 g/mol. The number of halogens is 1. The highest BCUT2D eigenvalue weighted by Gasteiger charge is 2.26. The van der Waals surface area contributed by atoms with Crippen molar-refractivity contribution < 1.29 is 18.7 Å². The molecule has 1 amide bonds. The smallest absolute Gasteiger partial charge is 0.396 e. The van der Waals surface area contributed by atoms with E-state index >= 15 is 0 Å². The van der Waals surface area contributed by atoms with Crippen molar-refractivity contribution in [2.24, 2.45) is 0 Å². The fourth-order valence-electron chi connectivity index (χ4n) is 1.47. The van der Waals surface area contributed by atoms with Crippen LogP contribution in [0.4, 0.5) is 4.39 Å². The van der Waals surface area contributed by atoms with Gasteiger partial charge in [-0.2, -0.15) is 0 Å². The molecule has 1 N–H and O–H groups in total. The lowest BCUT2D eigenvalue weighted by atomic mass is 9.94. The van der Waals surface area contributed by atoms with Crippen molar-refractivity contribution in [2.45, 2.75) is 26.3 Å². The van der Waals surface area contributed by atoms with Crippen LogP contribution < -0.4 is 5.32 Å². The molecule has 0 aliphatic rings. The summed E-state index contributed by atoms with van der Waals surface area (Å²) in [6.45, 7) is 5.20. The molecule has 1 aromatic carbocycles. The van der Waals surface area contributed by atoms with E-state index in [0.717, 1.165) is 0 Å². The van der Waals surface area contributed by atoms with Crippen molar-refractivity contribution in [3.8, 4) is 0 Å². The summed E-state index contributed by atoms with van der Waals surface area (Å²) in [5, 5.41) is 2.54. The Hall–Kier alpha value is -1.91. The van der Waals surface area contributed by atoms with Crippen LogP contribution in [0.5, 0.6) is 0 Å². The molecule has 98 valence electrons. The van der Waals surface area contributed by atoms with E-state index < -0.39 is 17.4 Å². The number of hydrogen-bond donors (Lipinski definition) is 1. The number of esters is 1. The average Bonchev–Trinajstić information content (AvgIpc) is 2.29. The quantitative estimate of drug-likeness (QED) is 0.659.